The summed E-state index contributed by atoms with van der Waals surface area (Å²) in [4.78, 5) is 4.39. The van der Waals surface area contributed by atoms with Crippen LogP contribution in [0.15, 0.2) is 65.3 Å². The van der Waals surface area contributed by atoms with Gasteiger partial charge in [-0.15, -0.1) is 0 Å². The lowest BCUT2D eigenvalue weighted by molar-refractivity contribution is 0.506. The van der Waals surface area contributed by atoms with Crippen LogP contribution in [0, 0.1) is 0 Å². The van der Waals surface area contributed by atoms with E-state index >= 15 is 0 Å². The molecule has 0 aliphatic heterocycles. The fourth-order valence-corrected chi connectivity index (χ4v) is 4.54. The topological polar surface area (TPSA) is 31.0 Å². The van der Waals surface area contributed by atoms with Gasteiger partial charge in [0.25, 0.3) is 0 Å². The minimum Gasteiger partial charge on any atom is -0.461 e. The SMILES string of the molecule is c1ccc(-n2c3ccncc3c3ccc4oc5c(c4c32)CCCC5)cc1. The number of hydrogen-bond acceptors (Lipinski definition) is 2. The lowest BCUT2D eigenvalue weighted by Gasteiger charge is -2.11. The van der Waals surface area contributed by atoms with Crippen LogP contribution < -0.4 is 0 Å². The third-order valence-electron chi connectivity index (χ3n) is 5.66. The molecule has 0 saturated carbocycles. The summed E-state index contributed by atoms with van der Waals surface area (Å²) < 4.78 is 8.63. The predicted octanol–water partition coefficient (Wildman–Crippen LogP) is 5.80. The molecular weight excluding hydrogens is 320 g/mol. The van der Waals surface area contributed by atoms with Crippen molar-refractivity contribution in [1.82, 2.24) is 9.55 Å². The van der Waals surface area contributed by atoms with Gasteiger partial charge in [-0.25, -0.2) is 0 Å². The fraction of sp³-hybridized carbons (Fsp3) is 0.174. The second-order valence-electron chi connectivity index (χ2n) is 7.11. The molecule has 0 saturated heterocycles. The van der Waals surface area contributed by atoms with Crippen LogP contribution in [-0.2, 0) is 12.8 Å². The number of nitrogens with zero attached hydrogens (tertiary/aromatic N) is 2. The molecule has 26 heavy (non-hydrogen) atoms. The van der Waals surface area contributed by atoms with Crippen molar-refractivity contribution >= 4 is 32.8 Å². The Labute approximate surface area is 150 Å². The molecule has 0 atom stereocenters. The van der Waals surface area contributed by atoms with Crippen LogP contribution in [0.3, 0.4) is 0 Å². The van der Waals surface area contributed by atoms with Crippen molar-refractivity contribution in [2.24, 2.45) is 0 Å². The summed E-state index contributed by atoms with van der Waals surface area (Å²) in [5.74, 6) is 1.18. The van der Waals surface area contributed by atoms with Gasteiger partial charge in [-0.1, -0.05) is 18.2 Å². The maximum Gasteiger partial charge on any atom is 0.136 e. The van der Waals surface area contributed by atoms with Gasteiger partial charge in [-0.05, 0) is 49.6 Å². The summed E-state index contributed by atoms with van der Waals surface area (Å²) in [6, 6.07) is 17.0. The predicted molar refractivity (Wildman–Crippen MR) is 105 cm³/mol. The maximum absolute atomic E-state index is 6.26. The van der Waals surface area contributed by atoms with Gasteiger partial charge in [-0.2, -0.15) is 0 Å². The number of para-hydroxylation sites is 1. The van der Waals surface area contributed by atoms with Gasteiger partial charge in [0, 0.05) is 46.2 Å². The van der Waals surface area contributed by atoms with E-state index in [9.17, 15) is 0 Å². The zero-order chi connectivity index (χ0) is 17.1. The van der Waals surface area contributed by atoms with Gasteiger partial charge < -0.3 is 8.98 Å². The number of pyridine rings is 1. The maximum atomic E-state index is 6.26. The first kappa shape index (κ1) is 14.1. The molecule has 0 spiro atoms. The molecule has 0 fully saturated rings. The van der Waals surface area contributed by atoms with Crippen LogP contribution in [0.5, 0.6) is 0 Å². The van der Waals surface area contributed by atoms with E-state index in [4.69, 9.17) is 4.42 Å². The highest BCUT2D eigenvalue weighted by molar-refractivity contribution is 6.18. The molecule has 0 bridgehead atoms. The molecule has 6 rings (SSSR count). The second kappa shape index (κ2) is 5.21. The highest BCUT2D eigenvalue weighted by Crippen LogP contribution is 2.41. The van der Waals surface area contributed by atoms with Crippen molar-refractivity contribution in [3.8, 4) is 5.69 Å². The van der Waals surface area contributed by atoms with Crippen LogP contribution in [0.25, 0.3) is 38.5 Å². The number of hydrogen-bond donors (Lipinski definition) is 0. The number of benzene rings is 2. The first-order valence-electron chi connectivity index (χ1n) is 9.28. The summed E-state index contributed by atoms with van der Waals surface area (Å²) in [5.41, 5.74) is 6.04. The smallest absolute Gasteiger partial charge is 0.136 e. The molecule has 3 heterocycles. The second-order valence-corrected chi connectivity index (χ2v) is 7.11. The molecule has 0 N–H and O–H groups in total. The Morgan fingerprint density at radius 1 is 0.885 bits per heavy atom. The Balaban J connectivity index is 1.88. The van der Waals surface area contributed by atoms with Gasteiger partial charge in [0.15, 0.2) is 0 Å². The van der Waals surface area contributed by atoms with Crippen LogP contribution in [0.1, 0.15) is 24.2 Å². The average Bonchev–Trinajstić information content (AvgIpc) is 3.24. The molecule has 126 valence electrons. The molecule has 0 unspecified atom stereocenters. The van der Waals surface area contributed by atoms with Gasteiger partial charge in [0.1, 0.15) is 11.3 Å². The zero-order valence-electron chi connectivity index (χ0n) is 14.4. The Bertz CT molecular complexity index is 1280. The number of furan rings is 1. The normalized spacial score (nSPS) is 14.3. The van der Waals surface area contributed by atoms with E-state index in [0.717, 1.165) is 18.4 Å². The summed E-state index contributed by atoms with van der Waals surface area (Å²) in [6.07, 6.45) is 8.49. The summed E-state index contributed by atoms with van der Waals surface area (Å²) >= 11 is 0. The van der Waals surface area contributed by atoms with E-state index in [1.165, 1.54) is 57.0 Å². The highest BCUT2D eigenvalue weighted by Gasteiger charge is 2.23. The Hall–Kier alpha value is -3.07. The number of fused-ring (bicyclic) bond motifs is 7. The molecule has 5 aromatic rings. The first-order chi connectivity index (χ1) is 12.9. The van der Waals surface area contributed by atoms with Crippen molar-refractivity contribution in [3.05, 3.63) is 72.2 Å². The van der Waals surface area contributed by atoms with Crippen LogP contribution in [0.2, 0.25) is 0 Å². The Morgan fingerprint density at radius 2 is 1.77 bits per heavy atom. The third-order valence-corrected chi connectivity index (χ3v) is 5.66. The van der Waals surface area contributed by atoms with Crippen LogP contribution in [0.4, 0.5) is 0 Å². The summed E-state index contributed by atoms with van der Waals surface area (Å²) in [6.45, 7) is 0. The van der Waals surface area contributed by atoms with E-state index in [2.05, 4.69) is 58.1 Å². The molecule has 3 heteroatoms. The van der Waals surface area contributed by atoms with Crippen molar-refractivity contribution in [1.29, 1.82) is 0 Å². The Kier molecular flexibility index (Phi) is 2.83. The minimum atomic E-state index is 1.01. The number of aryl methyl sites for hydroxylation is 2. The van der Waals surface area contributed by atoms with Crippen molar-refractivity contribution in [2.45, 2.75) is 25.7 Å². The molecule has 0 amide bonds. The van der Waals surface area contributed by atoms with Gasteiger partial charge >= 0.3 is 0 Å². The first-order valence-corrected chi connectivity index (χ1v) is 9.28. The standard InChI is InChI=1S/C23H18N2O/c1-2-6-15(7-3-1)25-19-12-13-24-14-18(19)16-10-11-21-22(23(16)25)17-8-4-5-9-20(17)26-21/h1-3,6-7,10-14H,4-5,8-9H2. The largest absolute Gasteiger partial charge is 0.461 e. The third kappa shape index (κ3) is 1.80. The quantitative estimate of drug-likeness (QED) is 0.386. The molecular formula is C23H18N2O. The lowest BCUT2D eigenvalue weighted by Crippen LogP contribution is -2.00. The molecule has 1 aliphatic rings. The molecule has 0 radical (unpaired) electrons. The van der Waals surface area contributed by atoms with Crippen molar-refractivity contribution in [3.63, 3.8) is 0 Å². The zero-order valence-corrected chi connectivity index (χ0v) is 14.4. The van der Waals surface area contributed by atoms with E-state index in [0.29, 0.717) is 0 Å². The molecule has 2 aromatic carbocycles. The number of aromatic nitrogens is 2. The molecule has 1 aliphatic carbocycles. The van der Waals surface area contributed by atoms with Crippen molar-refractivity contribution in [2.75, 3.05) is 0 Å². The van der Waals surface area contributed by atoms with E-state index in [-0.39, 0.29) is 0 Å². The van der Waals surface area contributed by atoms with Gasteiger partial charge in [0.05, 0.1) is 11.0 Å². The summed E-state index contributed by atoms with van der Waals surface area (Å²) in [5, 5.41) is 3.73. The summed E-state index contributed by atoms with van der Waals surface area (Å²) in [7, 11) is 0. The minimum absolute atomic E-state index is 1.01. The van der Waals surface area contributed by atoms with Crippen LogP contribution >= 0.6 is 0 Å². The van der Waals surface area contributed by atoms with Gasteiger partial charge in [0.2, 0.25) is 0 Å². The molecule has 3 aromatic heterocycles. The highest BCUT2D eigenvalue weighted by atomic mass is 16.3. The molecule has 3 nitrogen and oxygen atoms in total. The fourth-order valence-electron chi connectivity index (χ4n) is 4.54. The average molecular weight is 338 g/mol. The van der Waals surface area contributed by atoms with E-state index in [1.807, 2.05) is 12.4 Å². The van der Waals surface area contributed by atoms with E-state index < -0.39 is 0 Å². The van der Waals surface area contributed by atoms with Crippen molar-refractivity contribution < 1.29 is 4.42 Å². The van der Waals surface area contributed by atoms with Crippen LogP contribution in [-0.4, -0.2) is 9.55 Å². The van der Waals surface area contributed by atoms with E-state index in [1.54, 1.807) is 0 Å². The monoisotopic (exact) mass is 338 g/mol. The van der Waals surface area contributed by atoms with Gasteiger partial charge in [-0.3, -0.25) is 4.98 Å². The Morgan fingerprint density at radius 3 is 2.69 bits per heavy atom. The lowest BCUT2D eigenvalue weighted by atomic mass is 9.95. The number of rotatable bonds is 1.